The summed E-state index contributed by atoms with van der Waals surface area (Å²) in [4.78, 5) is 10.5. The molecule has 2 aromatic heterocycles. The van der Waals surface area contributed by atoms with Crippen LogP contribution in [0.1, 0.15) is 11.3 Å². The molecule has 0 aliphatic rings. The zero-order valence-corrected chi connectivity index (χ0v) is 10.4. The average Bonchev–Trinajstić information content (AvgIpc) is 2.67. The van der Waals surface area contributed by atoms with E-state index in [9.17, 15) is 0 Å². The van der Waals surface area contributed by atoms with Crippen molar-refractivity contribution in [1.29, 1.82) is 0 Å². The summed E-state index contributed by atoms with van der Waals surface area (Å²) in [6, 6.07) is 4.04. The number of nitrogens with two attached hydrogens (primary N) is 1. The number of rotatable bonds is 2. The molecule has 2 aromatic rings. The molecule has 0 unspecified atom stereocenters. The number of hydrogen-bond donors (Lipinski definition) is 1. The smallest absolute Gasteiger partial charge is 0.191 e. The van der Waals surface area contributed by atoms with Gasteiger partial charge in [-0.05, 0) is 18.6 Å². The fraction of sp³-hybridized carbons (Fsp3) is 0.333. The highest BCUT2D eigenvalue weighted by atomic mass is 15.2. The molecule has 0 bridgehead atoms. The number of aryl methyl sites for hydroxylation is 1. The average molecular weight is 231 g/mol. The second-order valence-electron chi connectivity index (χ2n) is 4.27. The summed E-state index contributed by atoms with van der Waals surface area (Å²) < 4.78 is 2.01. The maximum absolute atomic E-state index is 5.72. The third kappa shape index (κ3) is 2.55. The van der Waals surface area contributed by atoms with Crippen molar-refractivity contribution < 1.29 is 0 Å². The van der Waals surface area contributed by atoms with Crippen LogP contribution in [0.15, 0.2) is 29.5 Å². The lowest BCUT2D eigenvalue weighted by Gasteiger charge is -2.09. The van der Waals surface area contributed by atoms with E-state index in [-0.39, 0.29) is 0 Å². The van der Waals surface area contributed by atoms with E-state index in [0.29, 0.717) is 12.5 Å². The Bertz CT molecular complexity index is 553. The van der Waals surface area contributed by atoms with E-state index < -0.39 is 0 Å². The Hall–Kier alpha value is -2.04. The minimum Gasteiger partial charge on any atom is -0.370 e. The number of aliphatic imine (C=N–C) groups is 1. The highest BCUT2D eigenvalue weighted by molar-refractivity contribution is 5.77. The molecule has 0 atom stereocenters. The third-order valence-electron chi connectivity index (χ3n) is 2.51. The third-order valence-corrected chi connectivity index (χ3v) is 2.51. The Labute approximate surface area is 101 Å². The van der Waals surface area contributed by atoms with Crippen LogP contribution >= 0.6 is 0 Å². The fourth-order valence-corrected chi connectivity index (χ4v) is 1.54. The van der Waals surface area contributed by atoms with Crippen molar-refractivity contribution in [3.05, 3.63) is 35.8 Å². The van der Waals surface area contributed by atoms with Crippen molar-refractivity contribution in [1.82, 2.24) is 14.3 Å². The molecule has 17 heavy (non-hydrogen) atoms. The first-order valence-electron chi connectivity index (χ1n) is 5.48. The fourth-order valence-electron chi connectivity index (χ4n) is 1.54. The summed E-state index contributed by atoms with van der Waals surface area (Å²) in [5.74, 6) is 0.512. The van der Waals surface area contributed by atoms with Gasteiger partial charge in [0, 0.05) is 26.5 Å². The lowest BCUT2D eigenvalue weighted by Crippen LogP contribution is -2.30. The molecule has 0 saturated carbocycles. The molecular weight excluding hydrogens is 214 g/mol. The van der Waals surface area contributed by atoms with Gasteiger partial charge in [0.25, 0.3) is 0 Å². The Morgan fingerprint density at radius 1 is 1.41 bits per heavy atom. The van der Waals surface area contributed by atoms with Gasteiger partial charge in [-0.2, -0.15) is 0 Å². The van der Waals surface area contributed by atoms with Crippen molar-refractivity contribution >= 4 is 11.6 Å². The summed E-state index contributed by atoms with van der Waals surface area (Å²) in [6.45, 7) is 2.56. The topological polar surface area (TPSA) is 58.9 Å². The van der Waals surface area contributed by atoms with E-state index in [1.54, 1.807) is 4.90 Å². The summed E-state index contributed by atoms with van der Waals surface area (Å²) in [5, 5.41) is 0. The maximum Gasteiger partial charge on any atom is 0.191 e. The minimum atomic E-state index is 0.505. The first-order chi connectivity index (χ1) is 8.06. The molecule has 0 saturated heterocycles. The van der Waals surface area contributed by atoms with Gasteiger partial charge in [-0.25, -0.2) is 9.98 Å². The number of imidazole rings is 1. The molecule has 0 amide bonds. The van der Waals surface area contributed by atoms with Crippen molar-refractivity contribution in [3.63, 3.8) is 0 Å². The minimum absolute atomic E-state index is 0.505. The summed E-state index contributed by atoms with van der Waals surface area (Å²) >= 11 is 0. The Morgan fingerprint density at radius 2 is 2.18 bits per heavy atom. The summed E-state index contributed by atoms with van der Waals surface area (Å²) in [5.41, 5.74) is 8.78. The van der Waals surface area contributed by atoms with Crippen LogP contribution in [-0.4, -0.2) is 34.3 Å². The molecule has 90 valence electrons. The van der Waals surface area contributed by atoms with Crippen molar-refractivity contribution in [2.75, 3.05) is 14.1 Å². The van der Waals surface area contributed by atoms with Crippen molar-refractivity contribution in [2.45, 2.75) is 13.5 Å². The van der Waals surface area contributed by atoms with E-state index in [1.807, 2.05) is 43.0 Å². The molecule has 0 fully saturated rings. The number of fused-ring (bicyclic) bond motifs is 1. The molecule has 2 rings (SSSR count). The molecule has 0 aliphatic carbocycles. The van der Waals surface area contributed by atoms with Gasteiger partial charge in [0.15, 0.2) is 5.96 Å². The highest BCUT2D eigenvalue weighted by Gasteiger charge is 2.01. The van der Waals surface area contributed by atoms with Gasteiger partial charge in [0.2, 0.25) is 0 Å². The predicted molar refractivity (Wildman–Crippen MR) is 68.9 cm³/mol. The van der Waals surface area contributed by atoms with Crippen molar-refractivity contribution in [2.24, 2.45) is 10.7 Å². The van der Waals surface area contributed by atoms with Gasteiger partial charge in [0.05, 0.1) is 12.2 Å². The highest BCUT2D eigenvalue weighted by Crippen LogP contribution is 2.08. The van der Waals surface area contributed by atoms with Crippen LogP contribution in [0.25, 0.3) is 5.65 Å². The number of nitrogens with zero attached hydrogens (tertiary/aromatic N) is 4. The Balaban J connectivity index is 2.23. The molecule has 5 nitrogen and oxygen atoms in total. The summed E-state index contributed by atoms with van der Waals surface area (Å²) in [7, 11) is 3.73. The SMILES string of the molecule is Cc1ccc2nc(CN=C(N)N(C)C)cn2c1. The monoisotopic (exact) mass is 231 g/mol. The molecule has 2 heterocycles. The van der Waals surface area contributed by atoms with E-state index in [2.05, 4.69) is 16.9 Å². The Kier molecular flexibility index (Phi) is 2.99. The number of guanidine groups is 1. The van der Waals surface area contributed by atoms with E-state index >= 15 is 0 Å². The second kappa shape index (κ2) is 4.45. The zero-order chi connectivity index (χ0) is 12.4. The lowest BCUT2D eigenvalue weighted by atomic mass is 10.3. The van der Waals surface area contributed by atoms with Gasteiger partial charge in [-0.1, -0.05) is 6.07 Å². The standard InChI is InChI=1S/C12H17N5/c1-9-4-5-11-15-10(8-17(11)7-9)6-14-12(13)16(2)3/h4-5,7-8H,6H2,1-3H3,(H2,13,14). The number of aromatic nitrogens is 2. The van der Waals surface area contributed by atoms with E-state index in [1.165, 1.54) is 5.56 Å². The van der Waals surface area contributed by atoms with Gasteiger partial charge in [-0.15, -0.1) is 0 Å². The van der Waals surface area contributed by atoms with Gasteiger partial charge in [0.1, 0.15) is 5.65 Å². The van der Waals surface area contributed by atoms with E-state index in [0.717, 1.165) is 11.3 Å². The van der Waals surface area contributed by atoms with E-state index in [4.69, 9.17) is 5.73 Å². The van der Waals surface area contributed by atoms with Crippen LogP contribution in [0.3, 0.4) is 0 Å². The lowest BCUT2D eigenvalue weighted by molar-refractivity contribution is 0.609. The zero-order valence-electron chi connectivity index (χ0n) is 10.4. The van der Waals surface area contributed by atoms with Crippen LogP contribution in [0.2, 0.25) is 0 Å². The van der Waals surface area contributed by atoms with Crippen LogP contribution < -0.4 is 5.73 Å². The van der Waals surface area contributed by atoms with Crippen LogP contribution in [0.5, 0.6) is 0 Å². The molecule has 0 aliphatic heterocycles. The largest absolute Gasteiger partial charge is 0.370 e. The van der Waals surface area contributed by atoms with Gasteiger partial charge < -0.3 is 15.0 Å². The van der Waals surface area contributed by atoms with Gasteiger partial charge in [-0.3, -0.25) is 0 Å². The number of hydrogen-bond acceptors (Lipinski definition) is 2. The summed E-state index contributed by atoms with van der Waals surface area (Å²) in [6.07, 6.45) is 4.03. The quantitative estimate of drug-likeness (QED) is 0.620. The Morgan fingerprint density at radius 3 is 2.88 bits per heavy atom. The molecule has 0 radical (unpaired) electrons. The molecular formula is C12H17N5. The predicted octanol–water partition coefficient (Wildman–Crippen LogP) is 1.02. The van der Waals surface area contributed by atoms with Crippen LogP contribution in [-0.2, 0) is 6.54 Å². The maximum atomic E-state index is 5.72. The van der Waals surface area contributed by atoms with Crippen LogP contribution in [0, 0.1) is 6.92 Å². The van der Waals surface area contributed by atoms with Crippen LogP contribution in [0.4, 0.5) is 0 Å². The molecule has 2 N–H and O–H groups in total. The molecule has 5 heteroatoms. The first-order valence-corrected chi connectivity index (χ1v) is 5.48. The first kappa shape index (κ1) is 11.4. The number of pyridine rings is 1. The van der Waals surface area contributed by atoms with Crippen molar-refractivity contribution in [3.8, 4) is 0 Å². The normalized spacial score (nSPS) is 12.1. The second-order valence-corrected chi connectivity index (χ2v) is 4.27. The molecule has 0 aromatic carbocycles. The molecule has 0 spiro atoms. The van der Waals surface area contributed by atoms with Gasteiger partial charge >= 0.3 is 0 Å².